The van der Waals surface area contributed by atoms with E-state index in [9.17, 15) is 0 Å². The molecule has 19 heavy (non-hydrogen) atoms. The van der Waals surface area contributed by atoms with Crippen LogP contribution in [0.1, 0.15) is 23.6 Å². The van der Waals surface area contributed by atoms with E-state index in [4.69, 9.17) is 0 Å². The zero-order valence-electron chi connectivity index (χ0n) is 10.9. The standard InChI is InChI=1S/C14H17N5/c1-10-3-2-6-16-13(10)19-14-17-8-5-12(18-14)11-4-7-15-9-11/h2-3,5-6,8,11,15H,4,7,9H2,1H3,(H,16,17,18,19). The second kappa shape index (κ2) is 5.32. The summed E-state index contributed by atoms with van der Waals surface area (Å²) in [4.78, 5) is 13.2. The van der Waals surface area contributed by atoms with Crippen molar-refractivity contribution < 1.29 is 0 Å². The Morgan fingerprint density at radius 3 is 3.00 bits per heavy atom. The zero-order valence-corrected chi connectivity index (χ0v) is 10.9. The molecule has 0 aromatic carbocycles. The minimum absolute atomic E-state index is 0.494. The Morgan fingerprint density at radius 1 is 1.26 bits per heavy atom. The summed E-state index contributed by atoms with van der Waals surface area (Å²) in [6, 6.07) is 5.93. The third kappa shape index (κ3) is 2.71. The lowest BCUT2D eigenvalue weighted by Crippen LogP contribution is -2.10. The van der Waals surface area contributed by atoms with Crippen LogP contribution in [0.5, 0.6) is 0 Å². The molecule has 1 aliphatic rings. The van der Waals surface area contributed by atoms with Crippen LogP contribution in [0, 0.1) is 6.92 Å². The van der Waals surface area contributed by atoms with Crippen LogP contribution in [0.2, 0.25) is 0 Å². The molecule has 2 aromatic rings. The predicted octanol–water partition coefficient (Wildman–Crippen LogP) is 2.00. The summed E-state index contributed by atoms with van der Waals surface area (Å²) in [6.07, 6.45) is 4.71. The number of hydrogen-bond donors (Lipinski definition) is 2. The van der Waals surface area contributed by atoms with Crippen molar-refractivity contribution in [3.63, 3.8) is 0 Å². The average molecular weight is 255 g/mol. The number of aryl methyl sites for hydroxylation is 1. The van der Waals surface area contributed by atoms with Crippen LogP contribution < -0.4 is 10.6 Å². The largest absolute Gasteiger partial charge is 0.316 e. The highest BCUT2D eigenvalue weighted by molar-refractivity contribution is 5.52. The first-order valence-corrected chi connectivity index (χ1v) is 6.55. The summed E-state index contributed by atoms with van der Waals surface area (Å²) in [5.74, 6) is 1.92. The monoisotopic (exact) mass is 255 g/mol. The molecule has 0 saturated carbocycles. The number of anilines is 2. The molecular weight excluding hydrogens is 238 g/mol. The van der Waals surface area contributed by atoms with Crippen molar-refractivity contribution in [2.45, 2.75) is 19.3 Å². The van der Waals surface area contributed by atoms with Gasteiger partial charge in [0.25, 0.3) is 0 Å². The smallest absolute Gasteiger partial charge is 0.228 e. The fourth-order valence-electron chi connectivity index (χ4n) is 2.29. The molecule has 0 aliphatic carbocycles. The van der Waals surface area contributed by atoms with Gasteiger partial charge in [-0.25, -0.2) is 15.0 Å². The Labute approximate surface area is 112 Å². The molecule has 3 heterocycles. The molecule has 5 nitrogen and oxygen atoms in total. The van der Waals surface area contributed by atoms with Crippen molar-refractivity contribution in [2.75, 3.05) is 18.4 Å². The summed E-state index contributed by atoms with van der Waals surface area (Å²) in [5, 5.41) is 6.54. The van der Waals surface area contributed by atoms with Crippen molar-refractivity contribution in [3.8, 4) is 0 Å². The van der Waals surface area contributed by atoms with Gasteiger partial charge in [0.2, 0.25) is 5.95 Å². The Morgan fingerprint density at radius 2 is 2.21 bits per heavy atom. The van der Waals surface area contributed by atoms with Crippen LogP contribution >= 0.6 is 0 Å². The third-order valence-corrected chi connectivity index (χ3v) is 3.40. The van der Waals surface area contributed by atoms with Gasteiger partial charge in [-0.15, -0.1) is 0 Å². The molecule has 5 heteroatoms. The first kappa shape index (κ1) is 12.0. The first-order valence-electron chi connectivity index (χ1n) is 6.55. The number of pyridine rings is 1. The highest BCUT2D eigenvalue weighted by Crippen LogP contribution is 2.21. The lowest BCUT2D eigenvalue weighted by molar-refractivity contribution is 0.732. The number of nitrogens with zero attached hydrogens (tertiary/aromatic N) is 3. The number of nitrogens with one attached hydrogen (secondary N) is 2. The van der Waals surface area contributed by atoms with E-state index in [2.05, 4.69) is 25.6 Å². The van der Waals surface area contributed by atoms with Crippen molar-refractivity contribution >= 4 is 11.8 Å². The highest BCUT2D eigenvalue weighted by atomic mass is 15.1. The van der Waals surface area contributed by atoms with Crippen LogP contribution in [-0.2, 0) is 0 Å². The maximum atomic E-state index is 4.59. The molecule has 2 N–H and O–H groups in total. The van der Waals surface area contributed by atoms with Crippen LogP contribution in [0.3, 0.4) is 0 Å². The quantitative estimate of drug-likeness (QED) is 0.878. The molecule has 0 amide bonds. The topological polar surface area (TPSA) is 62.7 Å². The van der Waals surface area contributed by atoms with Gasteiger partial charge in [-0.1, -0.05) is 6.07 Å². The molecule has 0 bridgehead atoms. The van der Waals surface area contributed by atoms with Gasteiger partial charge in [0.1, 0.15) is 5.82 Å². The normalized spacial score (nSPS) is 18.5. The molecule has 0 spiro atoms. The first-order chi connectivity index (χ1) is 9.33. The molecular formula is C14H17N5. The summed E-state index contributed by atoms with van der Waals surface area (Å²) >= 11 is 0. The molecule has 1 aliphatic heterocycles. The van der Waals surface area contributed by atoms with Gasteiger partial charge >= 0.3 is 0 Å². The Bertz CT molecular complexity index is 563. The Kier molecular flexibility index (Phi) is 3.37. The number of rotatable bonds is 3. The van der Waals surface area contributed by atoms with Gasteiger partial charge in [-0.3, -0.25) is 0 Å². The fourth-order valence-corrected chi connectivity index (χ4v) is 2.29. The van der Waals surface area contributed by atoms with E-state index in [0.29, 0.717) is 11.9 Å². The fraction of sp³-hybridized carbons (Fsp3) is 0.357. The molecule has 3 rings (SSSR count). The SMILES string of the molecule is Cc1cccnc1Nc1nccc(C2CCNC2)n1. The lowest BCUT2D eigenvalue weighted by Gasteiger charge is -2.10. The van der Waals surface area contributed by atoms with Crippen LogP contribution in [-0.4, -0.2) is 28.0 Å². The summed E-state index contributed by atoms with van der Waals surface area (Å²) in [7, 11) is 0. The van der Waals surface area contributed by atoms with Crippen molar-refractivity contribution in [1.29, 1.82) is 0 Å². The third-order valence-electron chi connectivity index (χ3n) is 3.40. The molecule has 0 radical (unpaired) electrons. The maximum Gasteiger partial charge on any atom is 0.228 e. The van der Waals surface area contributed by atoms with Gasteiger partial charge < -0.3 is 10.6 Å². The van der Waals surface area contributed by atoms with E-state index in [1.165, 1.54) is 0 Å². The van der Waals surface area contributed by atoms with E-state index >= 15 is 0 Å². The van der Waals surface area contributed by atoms with Crippen LogP contribution in [0.25, 0.3) is 0 Å². The number of aromatic nitrogens is 3. The molecule has 1 saturated heterocycles. The summed E-state index contributed by atoms with van der Waals surface area (Å²) in [6.45, 7) is 4.08. The molecule has 1 atom stereocenters. The van der Waals surface area contributed by atoms with Gasteiger partial charge in [0.15, 0.2) is 0 Å². The Balaban J connectivity index is 1.81. The van der Waals surface area contributed by atoms with Crippen molar-refractivity contribution in [1.82, 2.24) is 20.3 Å². The van der Waals surface area contributed by atoms with E-state index < -0.39 is 0 Å². The van der Waals surface area contributed by atoms with Crippen LogP contribution in [0.4, 0.5) is 11.8 Å². The molecule has 1 fully saturated rings. The van der Waals surface area contributed by atoms with Gasteiger partial charge in [0.05, 0.1) is 5.69 Å². The minimum atomic E-state index is 0.494. The summed E-state index contributed by atoms with van der Waals surface area (Å²) < 4.78 is 0. The zero-order chi connectivity index (χ0) is 13.1. The average Bonchev–Trinajstić information content (AvgIpc) is 2.96. The predicted molar refractivity (Wildman–Crippen MR) is 74.5 cm³/mol. The van der Waals surface area contributed by atoms with Gasteiger partial charge in [0, 0.05) is 24.9 Å². The van der Waals surface area contributed by atoms with Gasteiger partial charge in [-0.2, -0.15) is 0 Å². The second-order valence-corrected chi connectivity index (χ2v) is 4.79. The Hall–Kier alpha value is -2.01. The summed E-state index contributed by atoms with van der Waals surface area (Å²) in [5.41, 5.74) is 2.18. The minimum Gasteiger partial charge on any atom is -0.316 e. The van der Waals surface area contributed by atoms with E-state index in [1.807, 2.05) is 25.1 Å². The van der Waals surface area contributed by atoms with Crippen LogP contribution in [0.15, 0.2) is 30.6 Å². The molecule has 1 unspecified atom stereocenters. The van der Waals surface area contributed by atoms with Gasteiger partial charge in [-0.05, 0) is 37.6 Å². The molecule has 2 aromatic heterocycles. The highest BCUT2D eigenvalue weighted by Gasteiger charge is 2.18. The second-order valence-electron chi connectivity index (χ2n) is 4.79. The maximum absolute atomic E-state index is 4.59. The van der Waals surface area contributed by atoms with E-state index in [0.717, 1.165) is 36.6 Å². The number of hydrogen-bond acceptors (Lipinski definition) is 5. The van der Waals surface area contributed by atoms with Crippen molar-refractivity contribution in [2.24, 2.45) is 0 Å². The molecule has 98 valence electrons. The van der Waals surface area contributed by atoms with Crippen molar-refractivity contribution in [3.05, 3.63) is 41.9 Å². The van der Waals surface area contributed by atoms with E-state index in [-0.39, 0.29) is 0 Å². The lowest BCUT2D eigenvalue weighted by atomic mass is 10.1. The van der Waals surface area contributed by atoms with E-state index in [1.54, 1.807) is 12.4 Å².